The lowest BCUT2D eigenvalue weighted by molar-refractivity contribution is -0.208. The van der Waals surface area contributed by atoms with Gasteiger partial charge in [0.2, 0.25) is 5.91 Å². The zero-order valence-corrected chi connectivity index (χ0v) is 32.5. The Hall–Kier alpha value is -2.05. The van der Waals surface area contributed by atoms with Gasteiger partial charge in [-0.25, -0.2) is 4.79 Å². The van der Waals surface area contributed by atoms with E-state index in [0.717, 1.165) is 45.2 Å². The molecule has 1 aliphatic carbocycles. The van der Waals surface area contributed by atoms with Crippen LogP contribution in [0.3, 0.4) is 0 Å². The van der Waals surface area contributed by atoms with Gasteiger partial charge in [-0.3, -0.25) is 9.59 Å². The molecule has 0 aromatic rings. The van der Waals surface area contributed by atoms with Crippen molar-refractivity contribution in [3.8, 4) is 0 Å². The molecule has 11 heteroatoms. The third kappa shape index (κ3) is 9.02. The molecule has 11 atom stereocenters. The first-order valence-electron chi connectivity index (χ1n) is 20.0. The number of rotatable bonds is 15. The summed E-state index contributed by atoms with van der Waals surface area (Å²) in [7, 11) is 1.98. The Bertz CT molecular complexity index is 1260. The van der Waals surface area contributed by atoms with Crippen LogP contribution in [-0.2, 0) is 28.6 Å². The number of aliphatic hydroxyl groups is 1. The Labute approximate surface area is 306 Å². The first-order chi connectivity index (χ1) is 24.2. The number of nitrogens with one attached hydrogen (secondary N) is 2. The highest BCUT2D eigenvalue weighted by Gasteiger charge is 2.61. The zero-order valence-electron chi connectivity index (χ0n) is 32.5. The van der Waals surface area contributed by atoms with Gasteiger partial charge in [0, 0.05) is 56.6 Å². The first-order valence-corrected chi connectivity index (χ1v) is 20.0. The number of likely N-dealkylation sites (tertiary alicyclic amines) is 1. The van der Waals surface area contributed by atoms with E-state index in [9.17, 15) is 19.5 Å². The predicted octanol–water partition coefficient (Wildman–Crippen LogP) is 4.31. The fourth-order valence-electron chi connectivity index (χ4n) is 9.98. The molecular weight excluding hydrogens is 648 g/mol. The Morgan fingerprint density at radius 3 is 2.59 bits per heavy atom. The maximum Gasteiger partial charge on any atom is 0.334 e. The molecule has 4 saturated heterocycles. The number of hydrogen-bond acceptors (Lipinski definition) is 10. The molecule has 4 aliphatic heterocycles. The number of esters is 2. The van der Waals surface area contributed by atoms with Crippen molar-refractivity contribution in [1.29, 1.82) is 0 Å². The summed E-state index contributed by atoms with van der Waals surface area (Å²) < 4.78 is 19.6. The maximum atomic E-state index is 14.0. The second kappa shape index (κ2) is 17.0. The van der Waals surface area contributed by atoms with E-state index in [1.54, 1.807) is 13.0 Å². The van der Waals surface area contributed by atoms with Crippen molar-refractivity contribution in [2.24, 2.45) is 47.2 Å². The van der Waals surface area contributed by atoms with Crippen molar-refractivity contribution in [2.45, 2.75) is 148 Å². The molecule has 0 aromatic carbocycles. The number of hydrogen-bond donors (Lipinski definition) is 4. The molecule has 0 radical (unpaired) electrons. The lowest BCUT2D eigenvalue weighted by Crippen LogP contribution is -2.62. The first kappa shape index (κ1) is 40.1. The highest BCUT2D eigenvalue weighted by Crippen LogP contribution is 2.55. The van der Waals surface area contributed by atoms with E-state index in [-0.39, 0.29) is 78.5 Å². The highest BCUT2D eigenvalue weighted by molar-refractivity contribution is 5.88. The molecule has 0 bridgehead atoms. The molecule has 5 rings (SSSR count). The lowest BCUT2D eigenvalue weighted by Gasteiger charge is -2.50. The molecule has 5 aliphatic rings. The highest BCUT2D eigenvalue weighted by atomic mass is 16.6. The molecule has 0 spiro atoms. The van der Waals surface area contributed by atoms with Crippen LogP contribution in [0.5, 0.6) is 0 Å². The van der Waals surface area contributed by atoms with Crippen LogP contribution in [0.1, 0.15) is 112 Å². The number of nitrogens with two attached hydrogens (primary N) is 1. The average molecular weight is 717 g/mol. The van der Waals surface area contributed by atoms with E-state index in [4.69, 9.17) is 19.9 Å². The van der Waals surface area contributed by atoms with Crippen molar-refractivity contribution in [1.82, 2.24) is 15.5 Å². The normalized spacial score (nSPS) is 37.0. The smallest absolute Gasteiger partial charge is 0.334 e. The number of allylic oxidation sites excluding steroid dienone is 1. The molecule has 51 heavy (non-hydrogen) atoms. The number of carbonyl (C=O) groups excluding carboxylic acids is 3. The summed E-state index contributed by atoms with van der Waals surface area (Å²) >= 11 is 0. The monoisotopic (exact) mass is 717 g/mol. The van der Waals surface area contributed by atoms with Gasteiger partial charge >= 0.3 is 11.9 Å². The number of piperidine rings is 1. The number of nitrogens with zero attached hydrogens (tertiary/aromatic N) is 1. The zero-order chi connectivity index (χ0) is 37.1. The van der Waals surface area contributed by atoms with E-state index in [2.05, 4.69) is 29.4 Å². The minimum Gasteiger partial charge on any atom is -0.462 e. The number of ether oxygens (including phenoxy) is 3. The fourth-order valence-corrected chi connectivity index (χ4v) is 9.98. The van der Waals surface area contributed by atoms with Crippen molar-refractivity contribution >= 4 is 17.8 Å². The minimum absolute atomic E-state index is 0.0640. The lowest BCUT2D eigenvalue weighted by atomic mass is 9.66. The molecule has 0 aromatic heterocycles. The number of amides is 1. The van der Waals surface area contributed by atoms with Crippen LogP contribution < -0.4 is 16.4 Å². The Balaban J connectivity index is 1.37. The number of carbonyl (C=O) groups is 3. The fraction of sp³-hybridized carbons (Fsp3) is 0.875. The topological polar surface area (TPSA) is 152 Å². The van der Waals surface area contributed by atoms with Gasteiger partial charge in [-0.15, -0.1) is 0 Å². The van der Waals surface area contributed by atoms with Gasteiger partial charge in [0.1, 0.15) is 17.3 Å². The molecule has 290 valence electrons. The molecular formula is C40H68N4O7. The summed E-state index contributed by atoms with van der Waals surface area (Å²) in [5, 5.41) is 16.2. The van der Waals surface area contributed by atoms with Crippen LogP contribution in [0, 0.1) is 41.4 Å². The van der Waals surface area contributed by atoms with E-state index in [1.807, 2.05) is 27.8 Å². The Morgan fingerprint density at radius 2 is 1.90 bits per heavy atom. The van der Waals surface area contributed by atoms with E-state index in [1.165, 1.54) is 0 Å². The Morgan fingerprint density at radius 1 is 1.14 bits per heavy atom. The van der Waals surface area contributed by atoms with Gasteiger partial charge in [-0.1, -0.05) is 19.9 Å². The number of aliphatic hydroxyl groups excluding tert-OH is 1. The van der Waals surface area contributed by atoms with Gasteiger partial charge in [0.15, 0.2) is 0 Å². The van der Waals surface area contributed by atoms with Crippen molar-refractivity contribution in [3.05, 3.63) is 11.6 Å². The summed E-state index contributed by atoms with van der Waals surface area (Å²) in [6.45, 7) is 14.5. The largest absolute Gasteiger partial charge is 0.462 e. The maximum absolute atomic E-state index is 14.0. The quantitative estimate of drug-likeness (QED) is 0.143. The summed E-state index contributed by atoms with van der Waals surface area (Å²) in [4.78, 5) is 42.4. The third-order valence-electron chi connectivity index (χ3n) is 13.3. The van der Waals surface area contributed by atoms with Crippen molar-refractivity contribution < 1.29 is 33.7 Å². The standard InChI is InChI=1S/C40H68N4O7/c1-8-25(4)37(47)51-39(5,6)40(20-29-15-27-14-26(10-9-13-45)38(48)49-33(27)18-34(29)50-40)19-28-16-35(41)43-22-30(28)17-36(46)44-23-31(21-42-7)32(44)12-11-24(2)3/h8,24,26-35,42-43,45H,9-23,41H2,1-7H3. The number of fused-ring (bicyclic) bond motifs is 2. The Kier molecular flexibility index (Phi) is 13.3. The van der Waals surface area contributed by atoms with Crippen LogP contribution in [0.4, 0.5) is 0 Å². The van der Waals surface area contributed by atoms with Crippen LogP contribution in [0.15, 0.2) is 11.6 Å². The van der Waals surface area contributed by atoms with Gasteiger partial charge in [-0.2, -0.15) is 0 Å². The van der Waals surface area contributed by atoms with Crippen LogP contribution in [0.25, 0.3) is 0 Å². The predicted molar refractivity (Wildman–Crippen MR) is 196 cm³/mol. The minimum atomic E-state index is -0.972. The van der Waals surface area contributed by atoms with Crippen molar-refractivity contribution in [3.63, 3.8) is 0 Å². The van der Waals surface area contributed by atoms with Gasteiger partial charge < -0.3 is 40.6 Å². The van der Waals surface area contributed by atoms with Crippen LogP contribution in [-0.4, -0.2) is 96.8 Å². The summed E-state index contributed by atoms with van der Waals surface area (Å²) in [6, 6.07) is 0.270. The molecule has 11 nitrogen and oxygen atoms in total. The summed E-state index contributed by atoms with van der Waals surface area (Å²) in [5.41, 5.74) is 5.33. The molecule has 5 N–H and O–H groups in total. The van der Waals surface area contributed by atoms with E-state index < -0.39 is 11.2 Å². The van der Waals surface area contributed by atoms with Gasteiger partial charge in [0.25, 0.3) is 0 Å². The molecule has 1 saturated carbocycles. The SMILES string of the molecule is CC=C(C)C(=O)OC(C)(C)C1(CC2CC(N)NCC2CC(=O)N2CC(CNC)C2CCC(C)C)CC2CC3CC(CCCO)C(=O)OC3CC2O1. The summed E-state index contributed by atoms with van der Waals surface area (Å²) in [5.74, 6) is 1.21. The van der Waals surface area contributed by atoms with Crippen LogP contribution in [0.2, 0.25) is 0 Å². The van der Waals surface area contributed by atoms with Gasteiger partial charge in [0.05, 0.1) is 18.2 Å². The average Bonchev–Trinajstić information content (AvgIpc) is 3.43. The molecule has 11 unspecified atom stereocenters. The second-order valence-corrected chi connectivity index (χ2v) is 17.6. The third-order valence-corrected chi connectivity index (χ3v) is 13.3. The van der Waals surface area contributed by atoms with Gasteiger partial charge in [-0.05, 0) is 122 Å². The molecule has 1 amide bonds. The molecule has 5 fully saturated rings. The second-order valence-electron chi connectivity index (χ2n) is 17.6. The van der Waals surface area contributed by atoms with Crippen molar-refractivity contribution in [2.75, 3.05) is 33.3 Å². The van der Waals surface area contributed by atoms with E-state index in [0.29, 0.717) is 62.5 Å². The summed E-state index contributed by atoms with van der Waals surface area (Å²) in [6.07, 6.45) is 9.39. The van der Waals surface area contributed by atoms with Crippen LogP contribution >= 0.6 is 0 Å². The molecule has 4 heterocycles. The van der Waals surface area contributed by atoms with E-state index >= 15 is 0 Å².